The molecule has 0 unspecified atom stereocenters. The molecule has 0 saturated carbocycles. The van der Waals surface area contributed by atoms with Crippen LogP contribution < -0.4 is 5.32 Å². The SMILES string of the molecule is CCn1nc(CC(C)(C)Cc2c(C(=O)O)cccc2S(=O)(=O)N2CCN(C(C)=O)CC2)c2c1C(=O)NCC1(CCOCC1)C2. The second-order valence-corrected chi connectivity index (χ2v) is 15.0. The van der Waals surface area contributed by atoms with Gasteiger partial charge in [0, 0.05) is 65.0 Å². The fourth-order valence-corrected chi connectivity index (χ4v) is 8.54. The average Bonchev–Trinajstić information content (AvgIpc) is 3.24. The van der Waals surface area contributed by atoms with E-state index in [2.05, 4.69) is 5.32 Å². The Morgan fingerprint density at radius 3 is 2.41 bits per heavy atom. The van der Waals surface area contributed by atoms with Crippen LogP contribution in [-0.4, -0.2) is 96.2 Å². The molecule has 1 aromatic carbocycles. The summed E-state index contributed by atoms with van der Waals surface area (Å²) >= 11 is 0. The predicted molar refractivity (Wildman–Crippen MR) is 162 cm³/mol. The first kappa shape index (κ1) is 32.1. The molecule has 44 heavy (non-hydrogen) atoms. The summed E-state index contributed by atoms with van der Waals surface area (Å²) in [6.45, 7) is 10.6. The maximum Gasteiger partial charge on any atom is 0.336 e. The molecule has 2 saturated heterocycles. The van der Waals surface area contributed by atoms with Gasteiger partial charge in [-0.05, 0) is 67.6 Å². The van der Waals surface area contributed by atoms with Crippen LogP contribution in [0.2, 0.25) is 0 Å². The Labute approximate surface area is 258 Å². The zero-order valence-electron chi connectivity index (χ0n) is 26.0. The van der Waals surface area contributed by atoms with Crippen LogP contribution >= 0.6 is 0 Å². The molecule has 4 heterocycles. The predicted octanol–water partition coefficient (Wildman–Crippen LogP) is 2.35. The lowest BCUT2D eigenvalue weighted by Gasteiger charge is -2.36. The molecule has 2 fully saturated rings. The molecule has 2 amide bonds. The van der Waals surface area contributed by atoms with Crippen molar-refractivity contribution >= 4 is 27.8 Å². The van der Waals surface area contributed by atoms with Crippen molar-refractivity contribution in [1.29, 1.82) is 0 Å². The lowest BCUT2D eigenvalue weighted by Crippen LogP contribution is -2.50. The molecule has 3 aliphatic heterocycles. The summed E-state index contributed by atoms with van der Waals surface area (Å²) in [6, 6.07) is 4.38. The van der Waals surface area contributed by atoms with E-state index in [0.29, 0.717) is 44.8 Å². The number of carboxylic acid groups (broad SMARTS) is 1. The highest BCUT2D eigenvalue weighted by molar-refractivity contribution is 7.89. The van der Waals surface area contributed by atoms with Gasteiger partial charge in [-0.2, -0.15) is 9.40 Å². The Balaban J connectivity index is 1.49. The number of carbonyl (C=O) groups is 3. The number of carboxylic acids is 1. The third-order valence-electron chi connectivity index (χ3n) is 9.34. The Bertz CT molecular complexity index is 1550. The number of fused-ring (bicyclic) bond motifs is 1. The minimum atomic E-state index is -4.04. The molecule has 2 N–H and O–H groups in total. The van der Waals surface area contributed by atoms with Crippen molar-refractivity contribution < 1.29 is 32.6 Å². The van der Waals surface area contributed by atoms with E-state index in [-0.39, 0.29) is 65.9 Å². The number of hydrogen-bond donors (Lipinski definition) is 2. The summed E-state index contributed by atoms with van der Waals surface area (Å²) < 4.78 is 36.6. The number of nitrogens with zero attached hydrogens (tertiary/aromatic N) is 4. The molecule has 12 nitrogen and oxygen atoms in total. The number of ether oxygens (including phenoxy) is 1. The number of rotatable bonds is 8. The Morgan fingerprint density at radius 1 is 1.11 bits per heavy atom. The van der Waals surface area contributed by atoms with Crippen LogP contribution in [-0.2, 0) is 45.4 Å². The van der Waals surface area contributed by atoms with E-state index in [1.54, 1.807) is 9.58 Å². The molecule has 1 aromatic heterocycles. The van der Waals surface area contributed by atoms with Crippen molar-refractivity contribution in [1.82, 2.24) is 24.3 Å². The first-order valence-corrected chi connectivity index (χ1v) is 16.8. The van der Waals surface area contributed by atoms with Crippen LogP contribution in [0.1, 0.15) is 78.2 Å². The number of aryl methyl sites for hydroxylation is 1. The van der Waals surface area contributed by atoms with E-state index < -0.39 is 21.4 Å². The number of sulfonamides is 1. The van der Waals surface area contributed by atoms with Crippen molar-refractivity contribution in [2.45, 2.75) is 71.2 Å². The maximum atomic E-state index is 13.9. The molecule has 0 aliphatic carbocycles. The van der Waals surface area contributed by atoms with Crippen molar-refractivity contribution in [3.05, 3.63) is 46.3 Å². The van der Waals surface area contributed by atoms with Gasteiger partial charge in [0.05, 0.1) is 16.2 Å². The maximum absolute atomic E-state index is 13.9. The fraction of sp³-hybridized carbons (Fsp3) is 0.613. The minimum absolute atomic E-state index is 0.0276. The highest BCUT2D eigenvalue weighted by Gasteiger charge is 2.41. The van der Waals surface area contributed by atoms with Gasteiger partial charge in [-0.25, -0.2) is 13.2 Å². The number of piperazine rings is 1. The molecular formula is C31H43N5O7S. The Kier molecular flexibility index (Phi) is 8.94. The lowest BCUT2D eigenvalue weighted by atomic mass is 9.74. The van der Waals surface area contributed by atoms with Gasteiger partial charge in [0.2, 0.25) is 15.9 Å². The first-order valence-electron chi connectivity index (χ1n) is 15.3. The van der Waals surface area contributed by atoms with E-state index in [9.17, 15) is 27.9 Å². The average molecular weight is 630 g/mol. The largest absolute Gasteiger partial charge is 0.478 e. The summed E-state index contributed by atoms with van der Waals surface area (Å²) in [5.41, 5.74) is 1.73. The second kappa shape index (κ2) is 12.2. The van der Waals surface area contributed by atoms with E-state index in [0.717, 1.165) is 24.1 Å². The molecule has 3 aliphatic rings. The van der Waals surface area contributed by atoms with Crippen molar-refractivity contribution in [2.75, 3.05) is 45.9 Å². The van der Waals surface area contributed by atoms with Gasteiger partial charge in [-0.15, -0.1) is 0 Å². The molecule has 2 aromatic rings. The van der Waals surface area contributed by atoms with Gasteiger partial charge in [0.25, 0.3) is 5.91 Å². The fourth-order valence-electron chi connectivity index (χ4n) is 6.87. The number of aromatic nitrogens is 2. The topological polar surface area (TPSA) is 151 Å². The quantitative estimate of drug-likeness (QED) is 0.452. The molecular weight excluding hydrogens is 586 g/mol. The summed E-state index contributed by atoms with van der Waals surface area (Å²) in [5, 5.41) is 18.1. The van der Waals surface area contributed by atoms with Gasteiger partial charge in [-0.1, -0.05) is 19.9 Å². The van der Waals surface area contributed by atoms with Crippen molar-refractivity contribution in [3.63, 3.8) is 0 Å². The first-order chi connectivity index (χ1) is 20.8. The number of amides is 2. The van der Waals surface area contributed by atoms with E-state index in [1.807, 2.05) is 20.8 Å². The number of aromatic carboxylic acids is 1. The third-order valence-corrected chi connectivity index (χ3v) is 11.3. The van der Waals surface area contributed by atoms with Gasteiger partial charge in [0.1, 0.15) is 5.69 Å². The smallest absolute Gasteiger partial charge is 0.336 e. The lowest BCUT2D eigenvalue weighted by molar-refractivity contribution is -0.129. The second-order valence-electron chi connectivity index (χ2n) is 13.1. The van der Waals surface area contributed by atoms with Gasteiger partial charge < -0.3 is 20.1 Å². The standard InChI is InChI=1S/C31H43N5O7S/c1-5-36-27-24(18-31(20-32-28(27)38)9-15-43-16-10-31)25(33-36)19-30(3,4)17-23-22(29(39)40)7-6-8-26(23)44(41,42)35-13-11-34(12-14-35)21(2)37/h6-8H,5,9-20H2,1-4H3,(H,32,38)(H,39,40). The summed E-state index contributed by atoms with van der Waals surface area (Å²) in [7, 11) is -4.04. The molecule has 0 atom stereocenters. The highest BCUT2D eigenvalue weighted by Crippen LogP contribution is 2.40. The molecule has 13 heteroatoms. The van der Waals surface area contributed by atoms with Gasteiger partial charge >= 0.3 is 5.97 Å². The van der Waals surface area contributed by atoms with Crippen LogP contribution in [0.3, 0.4) is 0 Å². The molecule has 5 rings (SSSR count). The van der Waals surface area contributed by atoms with E-state index in [1.165, 1.54) is 29.4 Å². The number of benzene rings is 1. The molecule has 240 valence electrons. The molecule has 0 radical (unpaired) electrons. The summed E-state index contributed by atoms with van der Waals surface area (Å²) in [4.78, 5) is 39.1. The van der Waals surface area contributed by atoms with Gasteiger partial charge in [-0.3, -0.25) is 14.3 Å². The Morgan fingerprint density at radius 2 is 1.80 bits per heavy atom. The van der Waals surface area contributed by atoms with Crippen LogP contribution in [0.5, 0.6) is 0 Å². The zero-order valence-corrected chi connectivity index (χ0v) is 26.8. The Hall–Kier alpha value is -3.29. The normalized spacial score (nSPS) is 19.4. The zero-order chi connectivity index (χ0) is 31.9. The van der Waals surface area contributed by atoms with Crippen LogP contribution in [0.4, 0.5) is 0 Å². The number of carbonyl (C=O) groups excluding carboxylic acids is 2. The number of nitrogens with one attached hydrogen (secondary N) is 1. The summed E-state index contributed by atoms with van der Waals surface area (Å²) in [6.07, 6.45) is 2.94. The van der Waals surface area contributed by atoms with Crippen LogP contribution in [0, 0.1) is 10.8 Å². The summed E-state index contributed by atoms with van der Waals surface area (Å²) in [5.74, 6) is -1.45. The third kappa shape index (κ3) is 6.27. The molecule has 0 bridgehead atoms. The van der Waals surface area contributed by atoms with Crippen molar-refractivity contribution in [3.8, 4) is 0 Å². The van der Waals surface area contributed by atoms with E-state index in [4.69, 9.17) is 9.84 Å². The number of hydrogen-bond acceptors (Lipinski definition) is 7. The highest BCUT2D eigenvalue weighted by atomic mass is 32.2. The van der Waals surface area contributed by atoms with Crippen molar-refractivity contribution in [2.24, 2.45) is 10.8 Å². The van der Waals surface area contributed by atoms with Crippen LogP contribution in [0.25, 0.3) is 0 Å². The van der Waals surface area contributed by atoms with Gasteiger partial charge in [0.15, 0.2) is 0 Å². The monoisotopic (exact) mass is 629 g/mol. The van der Waals surface area contributed by atoms with E-state index >= 15 is 0 Å². The molecule has 1 spiro atoms. The minimum Gasteiger partial charge on any atom is -0.478 e. The van der Waals surface area contributed by atoms with Crippen LogP contribution in [0.15, 0.2) is 23.1 Å².